The fraction of sp³-hybridized carbons (Fsp3) is 0.200. The van der Waals surface area contributed by atoms with Crippen molar-refractivity contribution in [2.45, 2.75) is 20.0 Å². The molecule has 2 heteroatoms. The number of rotatable bonds is 3. The number of hydrogen-bond donors (Lipinski definition) is 1. The summed E-state index contributed by atoms with van der Waals surface area (Å²) in [6, 6.07) is 15.4. The molecule has 0 aromatic heterocycles. The van der Waals surface area contributed by atoms with E-state index in [1.54, 1.807) is 6.92 Å². The van der Waals surface area contributed by atoms with E-state index in [0.29, 0.717) is 5.75 Å². The molecule has 0 spiro atoms. The van der Waals surface area contributed by atoms with Gasteiger partial charge in [0.2, 0.25) is 0 Å². The number of ether oxygens (including phenoxy) is 1. The van der Waals surface area contributed by atoms with Crippen LogP contribution in [-0.2, 0) is 0 Å². The Morgan fingerprint density at radius 1 is 1.06 bits per heavy atom. The summed E-state index contributed by atoms with van der Waals surface area (Å²) in [6.07, 6.45) is -0.531. The van der Waals surface area contributed by atoms with E-state index in [-0.39, 0.29) is 0 Å². The zero-order chi connectivity index (χ0) is 12.3. The second-order valence-corrected chi connectivity index (χ2v) is 4.13. The third kappa shape index (κ3) is 2.86. The van der Waals surface area contributed by atoms with Gasteiger partial charge < -0.3 is 9.84 Å². The van der Waals surface area contributed by atoms with Crippen LogP contribution in [0.5, 0.6) is 11.5 Å². The molecule has 0 radical (unpaired) electrons. The van der Waals surface area contributed by atoms with Gasteiger partial charge in [0, 0.05) is 5.56 Å². The monoisotopic (exact) mass is 228 g/mol. The number of aryl methyl sites for hydroxylation is 1. The first-order valence-electron chi connectivity index (χ1n) is 5.68. The molecule has 0 saturated heterocycles. The van der Waals surface area contributed by atoms with E-state index in [2.05, 4.69) is 0 Å². The topological polar surface area (TPSA) is 29.5 Å². The Labute approximate surface area is 101 Å². The van der Waals surface area contributed by atoms with E-state index in [1.165, 1.54) is 0 Å². The number of para-hydroxylation sites is 1. The van der Waals surface area contributed by atoms with Gasteiger partial charge in [-0.15, -0.1) is 0 Å². The van der Waals surface area contributed by atoms with Crippen LogP contribution in [0.15, 0.2) is 48.5 Å². The Morgan fingerprint density at radius 2 is 1.82 bits per heavy atom. The van der Waals surface area contributed by atoms with Crippen LogP contribution in [0.4, 0.5) is 0 Å². The molecule has 0 aliphatic carbocycles. The molecule has 0 heterocycles. The van der Waals surface area contributed by atoms with E-state index in [1.807, 2.05) is 55.5 Å². The minimum absolute atomic E-state index is 0.531. The molecule has 0 saturated carbocycles. The highest BCUT2D eigenvalue weighted by Gasteiger charge is 2.08. The summed E-state index contributed by atoms with van der Waals surface area (Å²) in [4.78, 5) is 0. The molecule has 0 amide bonds. The van der Waals surface area contributed by atoms with Gasteiger partial charge in [-0.2, -0.15) is 0 Å². The van der Waals surface area contributed by atoms with Gasteiger partial charge in [-0.1, -0.05) is 30.3 Å². The average molecular weight is 228 g/mol. The van der Waals surface area contributed by atoms with Gasteiger partial charge in [-0.3, -0.25) is 0 Å². The summed E-state index contributed by atoms with van der Waals surface area (Å²) < 4.78 is 5.79. The zero-order valence-electron chi connectivity index (χ0n) is 10.1. The van der Waals surface area contributed by atoms with Crippen LogP contribution in [0.25, 0.3) is 0 Å². The number of benzene rings is 2. The molecule has 1 N–H and O–H groups in total. The fourth-order valence-electron chi connectivity index (χ4n) is 1.72. The summed E-state index contributed by atoms with van der Waals surface area (Å²) in [5.41, 5.74) is 1.95. The van der Waals surface area contributed by atoms with Crippen molar-refractivity contribution in [1.82, 2.24) is 0 Å². The molecule has 88 valence electrons. The Hall–Kier alpha value is -1.80. The number of aliphatic hydroxyl groups is 1. The minimum Gasteiger partial charge on any atom is -0.457 e. The Kier molecular flexibility index (Phi) is 3.45. The van der Waals surface area contributed by atoms with Crippen molar-refractivity contribution in [2.24, 2.45) is 0 Å². The molecule has 1 atom stereocenters. The molecule has 0 unspecified atom stereocenters. The highest BCUT2D eigenvalue weighted by atomic mass is 16.5. The van der Waals surface area contributed by atoms with Crippen molar-refractivity contribution in [3.63, 3.8) is 0 Å². The second kappa shape index (κ2) is 5.02. The van der Waals surface area contributed by atoms with Gasteiger partial charge in [0.1, 0.15) is 11.5 Å². The quantitative estimate of drug-likeness (QED) is 0.864. The highest BCUT2D eigenvalue weighted by Crippen LogP contribution is 2.29. The molecular formula is C15H16O2. The summed E-state index contributed by atoms with van der Waals surface area (Å²) >= 11 is 0. The fourth-order valence-corrected chi connectivity index (χ4v) is 1.72. The molecule has 17 heavy (non-hydrogen) atoms. The maximum atomic E-state index is 9.66. The van der Waals surface area contributed by atoms with Gasteiger partial charge in [-0.25, -0.2) is 0 Å². The zero-order valence-corrected chi connectivity index (χ0v) is 10.1. The molecule has 2 rings (SSSR count). The lowest BCUT2D eigenvalue weighted by Crippen LogP contribution is -1.95. The van der Waals surface area contributed by atoms with Crippen LogP contribution < -0.4 is 4.74 Å². The van der Waals surface area contributed by atoms with Crippen molar-refractivity contribution in [2.75, 3.05) is 0 Å². The first-order valence-corrected chi connectivity index (χ1v) is 5.68. The van der Waals surface area contributed by atoms with Crippen LogP contribution in [0.3, 0.4) is 0 Å². The van der Waals surface area contributed by atoms with Gasteiger partial charge in [0.05, 0.1) is 6.10 Å². The largest absolute Gasteiger partial charge is 0.457 e. The van der Waals surface area contributed by atoms with Crippen LogP contribution in [0, 0.1) is 6.92 Å². The minimum atomic E-state index is -0.531. The van der Waals surface area contributed by atoms with Crippen LogP contribution in [0.2, 0.25) is 0 Å². The van der Waals surface area contributed by atoms with E-state index >= 15 is 0 Å². The molecule has 2 aromatic rings. The predicted octanol–water partition coefficient (Wildman–Crippen LogP) is 3.84. The maximum absolute atomic E-state index is 9.66. The molecule has 2 nitrogen and oxygen atoms in total. The number of aliphatic hydroxyl groups excluding tert-OH is 1. The summed E-state index contributed by atoms with van der Waals surface area (Å²) in [5, 5.41) is 9.66. The molecule has 0 aliphatic heterocycles. The highest BCUT2D eigenvalue weighted by molar-refractivity contribution is 5.39. The van der Waals surface area contributed by atoms with E-state index in [9.17, 15) is 5.11 Å². The van der Waals surface area contributed by atoms with Crippen molar-refractivity contribution < 1.29 is 9.84 Å². The van der Waals surface area contributed by atoms with Gasteiger partial charge >= 0.3 is 0 Å². The van der Waals surface area contributed by atoms with Gasteiger partial charge in [0.15, 0.2) is 0 Å². The summed E-state index contributed by atoms with van der Waals surface area (Å²) in [5.74, 6) is 1.49. The lowest BCUT2D eigenvalue weighted by molar-refractivity contribution is 0.195. The normalized spacial score (nSPS) is 12.2. The van der Waals surface area contributed by atoms with Crippen molar-refractivity contribution >= 4 is 0 Å². The lowest BCUT2D eigenvalue weighted by atomic mass is 10.1. The first kappa shape index (κ1) is 11.7. The molecule has 0 aliphatic rings. The van der Waals surface area contributed by atoms with Crippen LogP contribution >= 0.6 is 0 Å². The van der Waals surface area contributed by atoms with Gasteiger partial charge in [-0.05, 0) is 37.6 Å². The van der Waals surface area contributed by atoms with E-state index < -0.39 is 6.10 Å². The summed E-state index contributed by atoms with van der Waals surface area (Å²) in [7, 11) is 0. The molecule has 0 bridgehead atoms. The van der Waals surface area contributed by atoms with Crippen molar-refractivity contribution in [3.05, 3.63) is 59.7 Å². The first-order chi connectivity index (χ1) is 8.16. The van der Waals surface area contributed by atoms with Gasteiger partial charge in [0.25, 0.3) is 0 Å². The Morgan fingerprint density at radius 3 is 2.53 bits per heavy atom. The lowest BCUT2D eigenvalue weighted by Gasteiger charge is -2.13. The smallest absolute Gasteiger partial charge is 0.133 e. The predicted molar refractivity (Wildman–Crippen MR) is 68.3 cm³/mol. The third-order valence-electron chi connectivity index (χ3n) is 2.59. The van der Waals surface area contributed by atoms with E-state index in [4.69, 9.17) is 4.74 Å². The SMILES string of the molecule is Cc1cccc(Oc2ccccc2[C@H](C)O)c1. The van der Waals surface area contributed by atoms with Crippen LogP contribution in [-0.4, -0.2) is 5.11 Å². The van der Waals surface area contributed by atoms with Crippen molar-refractivity contribution in [1.29, 1.82) is 0 Å². The number of hydrogen-bond acceptors (Lipinski definition) is 2. The second-order valence-electron chi connectivity index (χ2n) is 4.13. The molecule has 2 aromatic carbocycles. The molecule has 0 fully saturated rings. The Bertz CT molecular complexity index is 504. The van der Waals surface area contributed by atoms with Crippen LogP contribution in [0.1, 0.15) is 24.2 Å². The van der Waals surface area contributed by atoms with Crippen molar-refractivity contribution in [3.8, 4) is 11.5 Å². The summed E-state index contributed by atoms with van der Waals surface area (Å²) in [6.45, 7) is 3.76. The average Bonchev–Trinajstić information content (AvgIpc) is 2.29. The standard InChI is InChI=1S/C15H16O2/c1-11-6-5-7-13(10-11)17-15-9-4-3-8-14(15)12(2)16/h3-10,12,16H,1-2H3/t12-/m0/s1. The Balaban J connectivity index is 2.30. The third-order valence-corrected chi connectivity index (χ3v) is 2.59. The molecular weight excluding hydrogens is 212 g/mol. The maximum Gasteiger partial charge on any atom is 0.133 e. The van der Waals surface area contributed by atoms with E-state index in [0.717, 1.165) is 16.9 Å².